The number of hydrogen-bond acceptors (Lipinski definition) is 5. The Bertz CT molecular complexity index is 590. The summed E-state index contributed by atoms with van der Waals surface area (Å²) in [4.78, 5) is 20.5. The van der Waals surface area contributed by atoms with E-state index in [0.717, 1.165) is 23.7 Å². The fraction of sp³-hybridized carbons (Fsp3) is 0.706. The second-order valence-corrected chi connectivity index (χ2v) is 8.53. The maximum Gasteiger partial charge on any atom is 0.408 e. The van der Waals surface area contributed by atoms with Crippen molar-refractivity contribution >= 4 is 23.4 Å². The monoisotopic (exact) mass is 369 g/mol. The van der Waals surface area contributed by atoms with Crippen LogP contribution in [0.15, 0.2) is 10.4 Å². The number of amides is 1. The van der Waals surface area contributed by atoms with Crippen LogP contribution in [0.3, 0.4) is 0 Å². The average molecular weight is 370 g/mol. The summed E-state index contributed by atoms with van der Waals surface area (Å²) in [6.45, 7) is 12.6. The van der Waals surface area contributed by atoms with Gasteiger partial charge in [0, 0.05) is 31.9 Å². The van der Waals surface area contributed by atoms with Crippen molar-refractivity contribution in [1.82, 2.24) is 20.9 Å². The van der Waals surface area contributed by atoms with Crippen LogP contribution in [0.2, 0.25) is 0 Å². The van der Waals surface area contributed by atoms with Crippen molar-refractivity contribution in [3.8, 4) is 0 Å². The Morgan fingerprint density at radius 3 is 2.48 bits per heavy atom. The summed E-state index contributed by atoms with van der Waals surface area (Å²) < 4.78 is 5.29. The van der Waals surface area contributed by atoms with Gasteiger partial charge in [0.15, 0.2) is 5.96 Å². The third-order valence-corrected chi connectivity index (χ3v) is 3.92. The van der Waals surface area contributed by atoms with Gasteiger partial charge in [-0.05, 0) is 41.5 Å². The lowest BCUT2D eigenvalue weighted by Crippen LogP contribution is -2.54. The van der Waals surface area contributed by atoms with Crippen LogP contribution in [-0.2, 0) is 11.2 Å². The maximum atomic E-state index is 11.9. The lowest BCUT2D eigenvalue weighted by atomic mass is 10.1. The molecule has 1 heterocycles. The van der Waals surface area contributed by atoms with Crippen molar-refractivity contribution in [2.24, 2.45) is 4.99 Å². The molecular formula is C17H31N5O2S. The molecule has 0 aliphatic rings. The van der Waals surface area contributed by atoms with Crippen LogP contribution in [0.5, 0.6) is 0 Å². The Labute approximate surface area is 154 Å². The van der Waals surface area contributed by atoms with Gasteiger partial charge >= 0.3 is 6.09 Å². The molecule has 0 unspecified atom stereocenters. The van der Waals surface area contributed by atoms with Crippen molar-refractivity contribution in [3.63, 3.8) is 0 Å². The lowest BCUT2D eigenvalue weighted by Gasteiger charge is -2.29. The number of thiazole rings is 1. The standard InChI is InChI=1S/C17H31N5O2S/c1-12-21-13(10-25-12)8-9-19-14(18-7)20-11-17(5,6)22-15(23)24-16(2,3)4/h10H,8-9,11H2,1-7H3,(H,22,23)(H2,18,19,20). The molecule has 1 amide bonds. The number of aryl methyl sites for hydroxylation is 1. The minimum Gasteiger partial charge on any atom is -0.444 e. The number of guanidine groups is 1. The molecule has 25 heavy (non-hydrogen) atoms. The van der Waals surface area contributed by atoms with Crippen molar-refractivity contribution in [2.45, 2.75) is 59.1 Å². The Morgan fingerprint density at radius 2 is 1.96 bits per heavy atom. The Balaban J connectivity index is 2.38. The maximum absolute atomic E-state index is 11.9. The SMILES string of the molecule is CN=C(NCCc1csc(C)n1)NCC(C)(C)NC(=O)OC(C)(C)C. The highest BCUT2D eigenvalue weighted by molar-refractivity contribution is 7.09. The van der Waals surface area contributed by atoms with Crippen LogP contribution in [-0.4, -0.2) is 48.3 Å². The first-order valence-corrected chi connectivity index (χ1v) is 9.25. The molecule has 0 radical (unpaired) electrons. The van der Waals surface area contributed by atoms with Crippen LogP contribution in [0.1, 0.15) is 45.3 Å². The molecule has 0 atom stereocenters. The van der Waals surface area contributed by atoms with Crippen LogP contribution in [0, 0.1) is 6.92 Å². The summed E-state index contributed by atoms with van der Waals surface area (Å²) >= 11 is 1.66. The third kappa shape index (κ3) is 9.28. The summed E-state index contributed by atoms with van der Waals surface area (Å²) in [6, 6.07) is 0. The molecule has 0 saturated heterocycles. The molecular weight excluding hydrogens is 338 g/mol. The summed E-state index contributed by atoms with van der Waals surface area (Å²) in [7, 11) is 1.72. The summed E-state index contributed by atoms with van der Waals surface area (Å²) in [5, 5.41) is 12.5. The van der Waals surface area contributed by atoms with E-state index in [0.29, 0.717) is 12.5 Å². The normalized spacial score (nSPS) is 12.7. The fourth-order valence-electron chi connectivity index (χ4n) is 1.98. The lowest BCUT2D eigenvalue weighted by molar-refractivity contribution is 0.0474. The van der Waals surface area contributed by atoms with Gasteiger partial charge in [-0.15, -0.1) is 11.3 Å². The number of alkyl carbamates (subject to hydrolysis) is 1. The number of carbonyl (C=O) groups excluding carboxylic acids is 1. The smallest absolute Gasteiger partial charge is 0.408 e. The van der Waals surface area contributed by atoms with Crippen LogP contribution in [0.25, 0.3) is 0 Å². The highest BCUT2D eigenvalue weighted by atomic mass is 32.1. The van der Waals surface area contributed by atoms with Gasteiger partial charge in [-0.1, -0.05) is 0 Å². The minimum absolute atomic E-state index is 0.429. The van der Waals surface area contributed by atoms with Crippen molar-refractivity contribution in [2.75, 3.05) is 20.1 Å². The van der Waals surface area contributed by atoms with E-state index in [1.54, 1.807) is 18.4 Å². The highest BCUT2D eigenvalue weighted by Gasteiger charge is 2.24. The van der Waals surface area contributed by atoms with Gasteiger partial charge in [0.05, 0.1) is 16.2 Å². The van der Waals surface area contributed by atoms with Crippen LogP contribution < -0.4 is 16.0 Å². The summed E-state index contributed by atoms with van der Waals surface area (Å²) in [5.74, 6) is 0.686. The van der Waals surface area contributed by atoms with E-state index in [2.05, 4.69) is 31.3 Å². The largest absolute Gasteiger partial charge is 0.444 e. The highest BCUT2D eigenvalue weighted by Crippen LogP contribution is 2.09. The topological polar surface area (TPSA) is 87.6 Å². The number of aliphatic imine (C=N–C) groups is 1. The van der Waals surface area contributed by atoms with Crippen LogP contribution >= 0.6 is 11.3 Å². The zero-order valence-corrected chi connectivity index (χ0v) is 17.1. The molecule has 0 aliphatic carbocycles. The number of aromatic nitrogens is 1. The third-order valence-electron chi connectivity index (χ3n) is 3.10. The molecule has 142 valence electrons. The van der Waals surface area contributed by atoms with Gasteiger partial charge < -0.3 is 20.7 Å². The average Bonchev–Trinajstić information content (AvgIpc) is 2.85. The van der Waals surface area contributed by atoms with E-state index in [9.17, 15) is 4.79 Å². The van der Waals surface area contributed by atoms with Gasteiger partial charge in [0.25, 0.3) is 0 Å². The first-order chi connectivity index (χ1) is 11.5. The number of carbonyl (C=O) groups is 1. The van der Waals surface area contributed by atoms with Gasteiger partial charge in [0.1, 0.15) is 5.60 Å². The Hall–Kier alpha value is -1.83. The van der Waals surface area contributed by atoms with E-state index in [4.69, 9.17) is 4.74 Å². The van der Waals surface area contributed by atoms with Crippen molar-refractivity contribution in [3.05, 3.63) is 16.1 Å². The second kappa shape index (κ2) is 9.03. The molecule has 0 bridgehead atoms. The first kappa shape index (κ1) is 21.2. The van der Waals surface area contributed by atoms with Gasteiger partial charge in [-0.2, -0.15) is 0 Å². The molecule has 0 fully saturated rings. The second-order valence-electron chi connectivity index (χ2n) is 7.47. The van der Waals surface area contributed by atoms with Gasteiger partial charge in [-0.25, -0.2) is 9.78 Å². The molecule has 7 nitrogen and oxygen atoms in total. The molecule has 1 aromatic rings. The fourth-order valence-corrected chi connectivity index (χ4v) is 2.63. The van der Waals surface area contributed by atoms with Crippen molar-refractivity contribution in [1.29, 1.82) is 0 Å². The number of nitrogens with one attached hydrogen (secondary N) is 3. The summed E-state index contributed by atoms with van der Waals surface area (Å²) in [5.41, 5.74) is 0.0861. The molecule has 1 rings (SSSR count). The predicted molar refractivity (Wildman–Crippen MR) is 103 cm³/mol. The summed E-state index contributed by atoms with van der Waals surface area (Å²) in [6.07, 6.45) is 0.408. The van der Waals surface area contributed by atoms with E-state index in [1.165, 1.54) is 0 Å². The Kier molecular flexibility index (Phi) is 7.66. The Morgan fingerprint density at radius 1 is 1.28 bits per heavy atom. The zero-order chi connectivity index (χ0) is 19.1. The van der Waals surface area contributed by atoms with E-state index in [1.807, 2.05) is 41.5 Å². The molecule has 0 spiro atoms. The quantitative estimate of drug-likeness (QED) is 0.530. The van der Waals surface area contributed by atoms with Crippen molar-refractivity contribution < 1.29 is 9.53 Å². The molecule has 3 N–H and O–H groups in total. The van der Waals surface area contributed by atoms with Crippen LogP contribution in [0.4, 0.5) is 4.79 Å². The molecule has 1 aromatic heterocycles. The van der Waals surface area contributed by atoms with Gasteiger partial charge in [0.2, 0.25) is 0 Å². The molecule has 0 saturated carbocycles. The van der Waals surface area contributed by atoms with E-state index < -0.39 is 17.2 Å². The minimum atomic E-state index is -0.515. The molecule has 0 aliphatic heterocycles. The first-order valence-electron chi connectivity index (χ1n) is 8.37. The number of hydrogen-bond donors (Lipinski definition) is 3. The van der Waals surface area contributed by atoms with Gasteiger partial charge in [-0.3, -0.25) is 4.99 Å². The van der Waals surface area contributed by atoms with E-state index >= 15 is 0 Å². The zero-order valence-electron chi connectivity index (χ0n) is 16.3. The molecule has 0 aromatic carbocycles. The number of rotatable bonds is 6. The molecule has 8 heteroatoms. The number of ether oxygens (including phenoxy) is 1. The number of nitrogens with zero attached hydrogens (tertiary/aromatic N) is 2. The predicted octanol–water partition coefficient (Wildman–Crippen LogP) is 2.46. The van der Waals surface area contributed by atoms with E-state index in [-0.39, 0.29) is 0 Å².